The van der Waals surface area contributed by atoms with Crippen molar-refractivity contribution in [1.82, 2.24) is 0 Å². The summed E-state index contributed by atoms with van der Waals surface area (Å²) >= 11 is 0. The largest absolute Gasteiger partial charge is 0.456 e. The van der Waals surface area contributed by atoms with Crippen molar-refractivity contribution >= 4 is 23.1 Å². The van der Waals surface area contributed by atoms with Gasteiger partial charge in [-0.05, 0) is 83.6 Å². The highest BCUT2D eigenvalue weighted by molar-refractivity contribution is 7.86. The van der Waals surface area contributed by atoms with Gasteiger partial charge in [-0.3, -0.25) is 0 Å². The Labute approximate surface area is 210 Å². The lowest BCUT2D eigenvalue weighted by Gasteiger charge is -2.35. The normalized spacial score (nSPS) is 16.7. The third kappa shape index (κ3) is 2.96. The summed E-state index contributed by atoms with van der Waals surface area (Å²) in [7, 11) is -3.25. The summed E-state index contributed by atoms with van der Waals surface area (Å²) < 4.78 is 28.2. The van der Waals surface area contributed by atoms with Crippen LogP contribution in [0.5, 0.6) is 23.0 Å². The third-order valence-corrected chi connectivity index (χ3v) is 10.4. The van der Waals surface area contributed by atoms with Gasteiger partial charge in [0.2, 0.25) is 0 Å². The van der Waals surface area contributed by atoms with Crippen molar-refractivity contribution in [3.63, 3.8) is 0 Å². The molecule has 2 heterocycles. The summed E-state index contributed by atoms with van der Waals surface area (Å²) in [4.78, 5) is 0. The van der Waals surface area contributed by atoms with Crippen LogP contribution in [0.4, 0.5) is 0 Å². The van der Waals surface area contributed by atoms with Crippen LogP contribution in [0.25, 0.3) is 22.3 Å². The Hall–Kier alpha value is -4.07. The monoisotopic (exact) mass is 486 g/mol. The third-order valence-electron chi connectivity index (χ3n) is 7.21. The van der Waals surface area contributed by atoms with E-state index in [9.17, 15) is 0 Å². The highest BCUT2D eigenvalue weighted by atomic mass is 31.2. The zero-order valence-electron chi connectivity index (χ0n) is 20.0. The maximum Gasteiger partial charge on any atom is 0.185 e. The molecule has 5 aromatic carbocycles. The molecule has 0 aliphatic carbocycles. The van der Waals surface area contributed by atoms with Crippen molar-refractivity contribution in [2.75, 3.05) is 0 Å². The van der Waals surface area contributed by atoms with E-state index in [-0.39, 0.29) is 0 Å². The fourth-order valence-corrected chi connectivity index (χ4v) is 8.49. The molecule has 0 saturated heterocycles. The van der Waals surface area contributed by atoms with E-state index in [1.807, 2.05) is 72.8 Å². The fourth-order valence-electron chi connectivity index (χ4n) is 5.43. The topological polar surface area (TPSA) is 35.5 Å². The van der Waals surface area contributed by atoms with E-state index in [1.165, 1.54) is 5.56 Å². The fraction of sp³-hybridized carbons (Fsp3) is 0.0625. The van der Waals surface area contributed by atoms with Gasteiger partial charge in [0.1, 0.15) is 28.3 Å². The van der Waals surface area contributed by atoms with E-state index < -0.39 is 7.14 Å². The van der Waals surface area contributed by atoms with Crippen molar-refractivity contribution in [2.24, 2.45) is 0 Å². The van der Waals surface area contributed by atoms with Crippen LogP contribution in [-0.2, 0) is 4.57 Å². The Morgan fingerprint density at radius 2 is 1.08 bits per heavy atom. The molecule has 0 radical (unpaired) electrons. The highest BCUT2D eigenvalue weighted by Gasteiger charge is 2.46. The van der Waals surface area contributed by atoms with Gasteiger partial charge in [-0.1, -0.05) is 66.7 Å². The maximum atomic E-state index is 15.4. The summed E-state index contributed by atoms with van der Waals surface area (Å²) in [5.74, 6) is 2.46. The first-order valence-electron chi connectivity index (χ1n) is 12.0. The molecule has 7 rings (SSSR count). The van der Waals surface area contributed by atoms with E-state index in [2.05, 4.69) is 44.2 Å². The second-order valence-corrected chi connectivity index (χ2v) is 12.0. The van der Waals surface area contributed by atoms with Gasteiger partial charge in [-0.15, -0.1) is 0 Å². The standard InChI is InChI=1S/C32H23O3P/c1-20-9-3-5-11-24(20)22-15-16-27-31(19-22)36(33)30-14-8-7-13-26(30)34-28-17-23(18-29(35-27)32(28)36)25-12-6-4-10-21(25)2/h3-19H,1-2H3. The van der Waals surface area contributed by atoms with E-state index in [4.69, 9.17) is 9.47 Å². The molecule has 4 heteroatoms. The number of rotatable bonds is 2. The smallest absolute Gasteiger partial charge is 0.185 e. The first-order valence-corrected chi connectivity index (χ1v) is 13.8. The van der Waals surface area contributed by atoms with Gasteiger partial charge in [-0.2, -0.15) is 0 Å². The quantitative estimate of drug-likeness (QED) is 0.238. The molecule has 2 aliphatic heterocycles. The minimum atomic E-state index is -3.25. The summed E-state index contributed by atoms with van der Waals surface area (Å²) in [6.45, 7) is 4.18. The number of aryl methyl sites for hydroxylation is 2. The summed E-state index contributed by atoms with van der Waals surface area (Å²) in [6, 6.07) is 34.2. The predicted octanol–water partition coefficient (Wildman–Crippen LogP) is 7.49. The number of hydrogen-bond acceptors (Lipinski definition) is 3. The van der Waals surface area contributed by atoms with E-state index >= 15 is 4.57 Å². The van der Waals surface area contributed by atoms with Crippen LogP contribution in [0.15, 0.2) is 103 Å². The van der Waals surface area contributed by atoms with Crippen LogP contribution in [-0.4, -0.2) is 0 Å². The molecule has 0 fully saturated rings. The number of benzene rings is 5. The molecule has 174 valence electrons. The average Bonchev–Trinajstić information content (AvgIpc) is 2.89. The molecular weight excluding hydrogens is 463 g/mol. The highest BCUT2D eigenvalue weighted by Crippen LogP contribution is 2.59. The zero-order chi connectivity index (χ0) is 24.4. The molecular formula is C32H23O3P. The van der Waals surface area contributed by atoms with Crippen LogP contribution in [0.3, 0.4) is 0 Å². The first kappa shape index (κ1) is 21.2. The summed E-state index contributed by atoms with van der Waals surface area (Å²) in [5.41, 5.74) is 6.54. The molecule has 3 nitrogen and oxygen atoms in total. The Kier molecular flexibility index (Phi) is 4.55. The van der Waals surface area contributed by atoms with Gasteiger partial charge in [0.25, 0.3) is 0 Å². The minimum Gasteiger partial charge on any atom is -0.456 e. The van der Waals surface area contributed by atoms with Gasteiger partial charge in [0, 0.05) is 0 Å². The molecule has 0 aromatic heterocycles. The van der Waals surface area contributed by atoms with Gasteiger partial charge >= 0.3 is 0 Å². The first-order chi connectivity index (χ1) is 17.5. The second kappa shape index (κ2) is 7.71. The minimum absolute atomic E-state index is 0.597. The Balaban J connectivity index is 1.51. The molecule has 0 amide bonds. The van der Waals surface area contributed by atoms with Crippen molar-refractivity contribution < 1.29 is 14.0 Å². The number of para-hydroxylation sites is 1. The molecule has 5 aromatic rings. The van der Waals surface area contributed by atoms with E-state index in [0.29, 0.717) is 33.6 Å². The summed E-state index contributed by atoms with van der Waals surface area (Å²) in [6.07, 6.45) is 0. The van der Waals surface area contributed by atoms with Crippen molar-refractivity contribution in [3.05, 3.63) is 114 Å². The van der Waals surface area contributed by atoms with E-state index in [0.717, 1.165) is 33.1 Å². The van der Waals surface area contributed by atoms with Crippen LogP contribution in [0.2, 0.25) is 0 Å². The lowest BCUT2D eigenvalue weighted by molar-refractivity contribution is 0.462. The zero-order valence-corrected chi connectivity index (χ0v) is 20.9. The van der Waals surface area contributed by atoms with Crippen LogP contribution < -0.4 is 25.4 Å². The number of hydrogen-bond donors (Lipinski definition) is 0. The maximum absolute atomic E-state index is 15.4. The van der Waals surface area contributed by atoms with Crippen LogP contribution >= 0.6 is 7.14 Å². The Morgan fingerprint density at radius 3 is 1.75 bits per heavy atom. The average molecular weight is 487 g/mol. The SMILES string of the molecule is Cc1ccccc1-c1cc2c3c(c1)Oc1ccc(-c4ccccc4C)cc1P3(=O)c1ccccc1O2. The van der Waals surface area contributed by atoms with E-state index in [1.54, 1.807) is 0 Å². The van der Waals surface area contributed by atoms with Crippen molar-refractivity contribution in [2.45, 2.75) is 13.8 Å². The lowest BCUT2D eigenvalue weighted by atomic mass is 10.00. The van der Waals surface area contributed by atoms with Gasteiger partial charge in [-0.25, -0.2) is 0 Å². The molecule has 1 atom stereocenters. The Morgan fingerprint density at radius 1 is 0.528 bits per heavy atom. The molecule has 0 saturated carbocycles. The second-order valence-electron chi connectivity index (χ2n) is 9.41. The Bertz CT molecular complexity index is 1730. The summed E-state index contributed by atoms with van der Waals surface area (Å²) in [5, 5.41) is 2.08. The van der Waals surface area contributed by atoms with Crippen molar-refractivity contribution in [1.29, 1.82) is 0 Å². The number of fused-ring (bicyclic) bond motifs is 4. The molecule has 0 spiro atoms. The number of ether oxygens (including phenoxy) is 2. The van der Waals surface area contributed by atoms with Gasteiger partial charge in [0.05, 0.1) is 10.6 Å². The molecule has 0 N–H and O–H groups in total. The lowest BCUT2D eigenvalue weighted by Crippen LogP contribution is -2.35. The predicted molar refractivity (Wildman–Crippen MR) is 146 cm³/mol. The van der Waals surface area contributed by atoms with Crippen LogP contribution in [0.1, 0.15) is 11.1 Å². The molecule has 2 aliphatic rings. The van der Waals surface area contributed by atoms with Gasteiger partial charge < -0.3 is 14.0 Å². The van der Waals surface area contributed by atoms with Crippen molar-refractivity contribution in [3.8, 4) is 45.3 Å². The van der Waals surface area contributed by atoms with Gasteiger partial charge in [0.15, 0.2) is 7.14 Å². The molecule has 36 heavy (non-hydrogen) atoms. The van der Waals surface area contributed by atoms with Crippen LogP contribution in [0, 0.1) is 13.8 Å². The molecule has 0 bridgehead atoms. The molecule has 1 unspecified atom stereocenters.